The summed E-state index contributed by atoms with van der Waals surface area (Å²) in [5.41, 5.74) is 2.25. The van der Waals surface area contributed by atoms with Crippen molar-refractivity contribution in [3.63, 3.8) is 0 Å². The van der Waals surface area contributed by atoms with Gasteiger partial charge in [-0.2, -0.15) is 0 Å². The van der Waals surface area contributed by atoms with Crippen LogP contribution in [-0.2, 0) is 0 Å². The number of halogens is 4. The van der Waals surface area contributed by atoms with Gasteiger partial charge in [0.25, 0.3) is 0 Å². The van der Waals surface area contributed by atoms with Crippen molar-refractivity contribution < 1.29 is 8.78 Å². The monoisotopic (exact) mass is 421 g/mol. The Bertz CT molecular complexity index is 661. The minimum atomic E-state index is -0.326. The van der Waals surface area contributed by atoms with Crippen LogP contribution in [-0.4, -0.2) is 6.54 Å². The Morgan fingerprint density at radius 1 is 1.19 bits per heavy atom. The van der Waals surface area contributed by atoms with Crippen LogP contribution in [0.2, 0.25) is 5.02 Å². The van der Waals surface area contributed by atoms with Crippen molar-refractivity contribution in [1.82, 2.24) is 5.32 Å². The fourth-order valence-corrected chi connectivity index (χ4v) is 3.28. The molecule has 112 valence electrons. The molecule has 5 heteroatoms. The summed E-state index contributed by atoms with van der Waals surface area (Å²) >= 11 is 8.31. The molecule has 0 aliphatic rings. The predicted octanol–water partition coefficient (Wildman–Crippen LogP) is 5.23. The number of aryl methyl sites for hydroxylation is 1. The van der Waals surface area contributed by atoms with Crippen molar-refractivity contribution >= 4 is 34.2 Å². The van der Waals surface area contributed by atoms with E-state index in [9.17, 15) is 8.78 Å². The zero-order valence-electron chi connectivity index (χ0n) is 11.7. The van der Waals surface area contributed by atoms with E-state index in [0.29, 0.717) is 17.1 Å². The molecule has 21 heavy (non-hydrogen) atoms. The van der Waals surface area contributed by atoms with Crippen molar-refractivity contribution in [3.05, 3.63) is 67.2 Å². The maximum Gasteiger partial charge on any atom is 0.127 e. The average Bonchev–Trinajstić information content (AvgIpc) is 2.41. The van der Waals surface area contributed by atoms with Crippen molar-refractivity contribution in [1.29, 1.82) is 0 Å². The molecule has 2 aromatic rings. The maximum absolute atomic E-state index is 13.6. The summed E-state index contributed by atoms with van der Waals surface area (Å²) in [6.07, 6.45) is 0. The van der Waals surface area contributed by atoms with Gasteiger partial charge in [0.15, 0.2) is 0 Å². The van der Waals surface area contributed by atoms with Crippen molar-refractivity contribution in [2.45, 2.75) is 19.9 Å². The van der Waals surface area contributed by atoms with Gasteiger partial charge in [-0.15, -0.1) is 0 Å². The molecule has 0 saturated heterocycles. The van der Waals surface area contributed by atoms with Crippen molar-refractivity contribution in [2.24, 2.45) is 0 Å². The third kappa shape index (κ3) is 3.73. The smallest absolute Gasteiger partial charge is 0.127 e. The minimum Gasteiger partial charge on any atom is -0.306 e. The molecule has 0 aromatic heterocycles. The number of hydrogen-bond donors (Lipinski definition) is 1. The summed E-state index contributed by atoms with van der Waals surface area (Å²) in [6.45, 7) is 4.40. The van der Waals surface area contributed by atoms with Crippen LogP contribution in [0.15, 0.2) is 30.3 Å². The second kappa shape index (κ2) is 7.03. The van der Waals surface area contributed by atoms with Gasteiger partial charge in [-0.05, 0) is 77.0 Å². The first-order valence-corrected chi connectivity index (χ1v) is 8.03. The highest BCUT2D eigenvalue weighted by Crippen LogP contribution is 2.32. The van der Waals surface area contributed by atoms with E-state index in [2.05, 4.69) is 27.9 Å². The predicted molar refractivity (Wildman–Crippen MR) is 90.8 cm³/mol. The Morgan fingerprint density at radius 3 is 2.52 bits per heavy atom. The Kier molecular flexibility index (Phi) is 5.57. The van der Waals surface area contributed by atoms with Gasteiger partial charge in [-0.25, -0.2) is 8.78 Å². The Hall–Kier alpha value is -0.720. The van der Waals surface area contributed by atoms with Crippen LogP contribution in [0.4, 0.5) is 8.78 Å². The van der Waals surface area contributed by atoms with E-state index in [4.69, 9.17) is 11.6 Å². The summed E-state index contributed by atoms with van der Waals surface area (Å²) < 4.78 is 27.7. The Morgan fingerprint density at radius 2 is 1.90 bits per heavy atom. The lowest BCUT2D eigenvalue weighted by Crippen LogP contribution is -2.23. The summed E-state index contributed by atoms with van der Waals surface area (Å²) in [7, 11) is 0. The molecule has 0 aliphatic heterocycles. The van der Waals surface area contributed by atoms with Crippen LogP contribution < -0.4 is 5.32 Å². The first-order chi connectivity index (χ1) is 9.93. The SMILES string of the molecule is CCNC(c1cc(C)c(F)cc1Cl)c1ccc(F)cc1I. The number of nitrogens with one attached hydrogen (secondary N) is 1. The number of hydrogen-bond acceptors (Lipinski definition) is 1. The largest absolute Gasteiger partial charge is 0.306 e. The summed E-state index contributed by atoms with van der Waals surface area (Å²) in [5, 5.41) is 3.69. The van der Waals surface area contributed by atoms with Crippen LogP contribution in [0.5, 0.6) is 0 Å². The molecule has 0 heterocycles. The Balaban J connectivity index is 2.55. The summed E-state index contributed by atoms with van der Waals surface area (Å²) in [6, 6.07) is 7.50. The van der Waals surface area contributed by atoms with Gasteiger partial charge in [0.1, 0.15) is 11.6 Å². The zero-order chi connectivity index (χ0) is 15.6. The lowest BCUT2D eigenvalue weighted by molar-refractivity contribution is 0.601. The molecule has 0 saturated carbocycles. The first-order valence-electron chi connectivity index (χ1n) is 6.58. The molecule has 0 aliphatic carbocycles. The fraction of sp³-hybridized carbons (Fsp3) is 0.250. The molecule has 0 spiro atoms. The molecule has 0 amide bonds. The Labute approximate surface area is 141 Å². The molecule has 1 unspecified atom stereocenters. The summed E-state index contributed by atoms with van der Waals surface area (Å²) in [5.74, 6) is -0.604. The van der Waals surface area contributed by atoms with E-state index in [-0.39, 0.29) is 17.7 Å². The average molecular weight is 422 g/mol. The molecular formula is C16H15ClF2IN. The molecule has 0 fully saturated rings. The van der Waals surface area contributed by atoms with Gasteiger partial charge in [0.2, 0.25) is 0 Å². The van der Waals surface area contributed by atoms with E-state index in [1.54, 1.807) is 19.1 Å². The summed E-state index contributed by atoms with van der Waals surface area (Å²) in [4.78, 5) is 0. The van der Waals surface area contributed by atoms with Crippen molar-refractivity contribution in [3.8, 4) is 0 Å². The quantitative estimate of drug-likeness (QED) is 0.667. The second-order valence-corrected chi connectivity index (χ2v) is 6.35. The molecule has 2 rings (SSSR count). The normalized spacial score (nSPS) is 12.5. The van der Waals surface area contributed by atoms with E-state index in [1.807, 2.05) is 6.92 Å². The minimum absolute atomic E-state index is 0.200. The van der Waals surface area contributed by atoms with Crippen molar-refractivity contribution in [2.75, 3.05) is 6.54 Å². The maximum atomic E-state index is 13.6. The zero-order valence-corrected chi connectivity index (χ0v) is 14.6. The standard InChI is InChI=1S/C16H15ClF2IN/c1-3-21-16(11-5-4-10(18)7-15(11)20)12-6-9(2)14(19)8-13(12)17/h4-8,16,21H,3H2,1-2H3. The molecular weight excluding hydrogens is 407 g/mol. The molecule has 1 atom stereocenters. The van der Waals surface area contributed by atoms with Crippen LogP contribution in [0.25, 0.3) is 0 Å². The molecule has 1 N–H and O–H groups in total. The first kappa shape index (κ1) is 16.6. The topological polar surface area (TPSA) is 12.0 Å². The lowest BCUT2D eigenvalue weighted by Gasteiger charge is -2.22. The van der Waals surface area contributed by atoms with E-state index in [0.717, 1.165) is 14.7 Å². The lowest BCUT2D eigenvalue weighted by atomic mass is 9.97. The van der Waals surface area contributed by atoms with Crippen LogP contribution in [0.1, 0.15) is 29.7 Å². The van der Waals surface area contributed by atoms with Gasteiger partial charge in [0.05, 0.1) is 6.04 Å². The van der Waals surface area contributed by atoms with Gasteiger partial charge in [-0.1, -0.05) is 24.6 Å². The van der Waals surface area contributed by atoms with Crippen LogP contribution in [0, 0.1) is 22.1 Å². The molecule has 1 nitrogen and oxygen atoms in total. The fourth-order valence-electron chi connectivity index (χ4n) is 2.23. The van der Waals surface area contributed by atoms with Crippen LogP contribution in [0.3, 0.4) is 0 Å². The molecule has 0 radical (unpaired) electrons. The van der Waals surface area contributed by atoms with Crippen LogP contribution >= 0.6 is 34.2 Å². The highest BCUT2D eigenvalue weighted by Gasteiger charge is 2.20. The number of benzene rings is 2. The number of rotatable bonds is 4. The van der Waals surface area contributed by atoms with E-state index < -0.39 is 0 Å². The highest BCUT2D eigenvalue weighted by atomic mass is 127. The van der Waals surface area contributed by atoms with Gasteiger partial charge in [0, 0.05) is 8.59 Å². The molecule has 2 aromatic carbocycles. The van der Waals surface area contributed by atoms with E-state index >= 15 is 0 Å². The third-order valence-corrected chi connectivity index (χ3v) is 4.53. The van der Waals surface area contributed by atoms with Gasteiger partial charge in [-0.3, -0.25) is 0 Å². The molecule has 0 bridgehead atoms. The highest BCUT2D eigenvalue weighted by molar-refractivity contribution is 14.1. The van der Waals surface area contributed by atoms with Gasteiger partial charge >= 0.3 is 0 Å². The van der Waals surface area contributed by atoms with Gasteiger partial charge < -0.3 is 5.32 Å². The third-order valence-electron chi connectivity index (χ3n) is 3.27. The van der Waals surface area contributed by atoms with E-state index in [1.165, 1.54) is 18.2 Å². The second-order valence-electron chi connectivity index (χ2n) is 4.78.